The van der Waals surface area contributed by atoms with Crippen LogP contribution < -0.4 is 5.32 Å². The lowest BCUT2D eigenvalue weighted by Gasteiger charge is -2.24. The lowest BCUT2D eigenvalue weighted by molar-refractivity contribution is -0.148. The normalized spacial score (nSPS) is 27.5. The van der Waals surface area contributed by atoms with Crippen LogP contribution in [0.1, 0.15) is 33.6 Å². The van der Waals surface area contributed by atoms with Gasteiger partial charge in [-0.25, -0.2) is 0 Å². The summed E-state index contributed by atoms with van der Waals surface area (Å²) in [4.78, 5) is 22.9. The van der Waals surface area contributed by atoms with Crippen molar-refractivity contribution >= 4 is 11.9 Å². The first-order valence-electron chi connectivity index (χ1n) is 6.03. The number of rotatable bonds is 5. The average molecular weight is 243 g/mol. The summed E-state index contributed by atoms with van der Waals surface area (Å²) in [6.07, 6.45) is 1.12. The molecule has 1 heterocycles. The Morgan fingerprint density at radius 1 is 1.53 bits per heavy atom. The minimum absolute atomic E-state index is 0.0762. The van der Waals surface area contributed by atoms with Gasteiger partial charge in [-0.3, -0.25) is 9.59 Å². The Bertz CT molecular complexity index is 305. The third-order valence-corrected chi connectivity index (χ3v) is 3.66. The molecule has 1 aliphatic rings. The molecule has 1 amide bonds. The van der Waals surface area contributed by atoms with Gasteiger partial charge in [0.05, 0.1) is 17.4 Å². The molecule has 0 saturated carbocycles. The van der Waals surface area contributed by atoms with Gasteiger partial charge in [-0.1, -0.05) is 6.92 Å². The molecule has 0 aromatic rings. The average Bonchev–Trinajstić information content (AvgIpc) is 2.71. The highest BCUT2D eigenvalue weighted by atomic mass is 16.5. The van der Waals surface area contributed by atoms with E-state index in [2.05, 4.69) is 5.32 Å². The highest BCUT2D eigenvalue weighted by molar-refractivity contribution is 5.81. The standard InChI is InChI=1S/C12H21NO4/c1-4-12(3,11(15)16)7-13-10(14)9-5-6-17-8(9)2/h8-9H,4-7H2,1-3H3,(H,13,14)(H,15,16). The van der Waals surface area contributed by atoms with E-state index in [1.54, 1.807) is 6.92 Å². The summed E-state index contributed by atoms with van der Waals surface area (Å²) in [5.41, 5.74) is -0.891. The number of carboxylic acids is 1. The smallest absolute Gasteiger partial charge is 0.311 e. The Morgan fingerprint density at radius 2 is 2.18 bits per heavy atom. The van der Waals surface area contributed by atoms with E-state index >= 15 is 0 Å². The highest BCUT2D eigenvalue weighted by Gasteiger charge is 2.35. The van der Waals surface area contributed by atoms with Crippen molar-refractivity contribution in [1.29, 1.82) is 0 Å². The Hall–Kier alpha value is -1.10. The van der Waals surface area contributed by atoms with Gasteiger partial charge in [0.2, 0.25) is 5.91 Å². The van der Waals surface area contributed by atoms with Crippen molar-refractivity contribution in [2.45, 2.75) is 39.7 Å². The maximum absolute atomic E-state index is 11.9. The Morgan fingerprint density at radius 3 is 2.59 bits per heavy atom. The predicted molar refractivity (Wildman–Crippen MR) is 62.6 cm³/mol. The maximum atomic E-state index is 11.9. The highest BCUT2D eigenvalue weighted by Crippen LogP contribution is 2.23. The van der Waals surface area contributed by atoms with Gasteiger partial charge in [-0.15, -0.1) is 0 Å². The molecule has 0 radical (unpaired) electrons. The van der Waals surface area contributed by atoms with E-state index in [0.717, 1.165) is 0 Å². The molecule has 3 atom stereocenters. The SMILES string of the molecule is CCC(C)(CNC(=O)C1CCOC1C)C(=O)O. The summed E-state index contributed by atoms with van der Waals surface area (Å²) in [7, 11) is 0. The number of amides is 1. The van der Waals surface area contributed by atoms with Crippen molar-refractivity contribution in [1.82, 2.24) is 5.32 Å². The predicted octanol–water partition coefficient (Wildman–Crippen LogP) is 1.03. The Balaban J connectivity index is 2.50. The van der Waals surface area contributed by atoms with E-state index < -0.39 is 11.4 Å². The molecular formula is C12H21NO4. The van der Waals surface area contributed by atoms with Crippen molar-refractivity contribution < 1.29 is 19.4 Å². The van der Waals surface area contributed by atoms with Gasteiger partial charge in [0.15, 0.2) is 0 Å². The van der Waals surface area contributed by atoms with E-state index in [-0.39, 0.29) is 24.5 Å². The molecule has 3 unspecified atom stereocenters. The van der Waals surface area contributed by atoms with Crippen molar-refractivity contribution in [3.05, 3.63) is 0 Å². The number of hydrogen-bond donors (Lipinski definition) is 2. The number of nitrogens with one attached hydrogen (secondary N) is 1. The number of carbonyl (C=O) groups excluding carboxylic acids is 1. The molecule has 1 rings (SSSR count). The molecule has 98 valence electrons. The van der Waals surface area contributed by atoms with Crippen LogP contribution in [0.3, 0.4) is 0 Å². The first-order chi connectivity index (χ1) is 7.90. The molecule has 2 N–H and O–H groups in total. The van der Waals surface area contributed by atoms with Crippen LogP contribution in [0.4, 0.5) is 0 Å². The molecule has 17 heavy (non-hydrogen) atoms. The van der Waals surface area contributed by atoms with Crippen LogP contribution in [0.15, 0.2) is 0 Å². The number of carbonyl (C=O) groups is 2. The van der Waals surface area contributed by atoms with Crippen LogP contribution in [-0.4, -0.2) is 36.2 Å². The number of hydrogen-bond acceptors (Lipinski definition) is 3. The van der Waals surface area contributed by atoms with Crippen molar-refractivity contribution in [2.24, 2.45) is 11.3 Å². The molecule has 0 spiro atoms. The zero-order valence-electron chi connectivity index (χ0n) is 10.7. The largest absolute Gasteiger partial charge is 0.481 e. The minimum Gasteiger partial charge on any atom is -0.481 e. The summed E-state index contributed by atoms with van der Waals surface area (Å²) < 4.78 is 5.32. The zero-order chi connectivity index (χ0) is 13.1. The summed E-state index contributed by atoms with van der Waals surface area (Å²) in [6.45, 7) is 6.09. The molecule has 5 heteroatoms. The zero-order valence-corrected chi connectivity index (χ0v) is 10.7. The second-order valence-corrected chi connectivity index (χ2v) is 4.91. The lowest BCUT2D eigenvalue weighted by atomic mass is 9.87. The van der Waals surface area contributed by atoms with Gasteiger partial charge in [0.25, 0.3) is 0 Å². The molecule has 5 nitrogen and oxygen atoms in total. The summed E-state index contributed by atoms with van der Waals surface area (Å²) in [5, 5.41) is 11.8. The van der Waals surface area contributed by atoms with Gasteiger partial charge in [-0.2, -0.15) is 0 Å². The molecule has 0 bridgehead atoms. The molecule has 1 fully saturated rings. The van der Waals surface area contributed by atoms with E-state index in [1.807, 2.05) is 13.8 Å². The van der Waals surface area contributed by atoms with E-state index in [4.69, 9.17) is 9.84 Å². The molecular weight excluding hydrogens is 222 g/mol. The van der Waals surface area contributed by atoms with Crippen LogP contribution in [0, 0.1) is 11.3 Å². The monoisotopic (exact) mass is 243 g/mol. The third kappa shape index (κ3) is 3.19. The quantitative estimate of drug-likeness (QED) is 0.756. The van der Waals surface area contributed by atoms with Crippen molar-refractivity contribution in [3.63, 3.8) is 0 Å². The van der Waals surface area contributed by atoms with Crippen molar-refractivity contribution in [3.8, 4) is 0 Å². The molecule has 0 aromatic carbocycles. The van der Waals surface area contributed by atoms with E-state index in [0.29, 0.717) is 19.4 Å². The van der Waals surface area contributed by atoms with Gasteiger partial charge >= 0.3 is 5.97 Å². The van der Waals surface area contributed by atoms with Crippen molar-refractivity contribution in [2.75, 3.05) is 13.2 Å². The first-order valence-corrected chi connectivity index (χ1v) is 6.03. The van der Waals surface area contributed by atoms with Gasteiger partial charge < -0.3 is 15.2 Å². The molecule has 0 aromatic heterocycles. The molecule has 1 aliphatic heterocycles. The Kier molecular flexibility index (Phi) is 4.51. The van der Waals surface area contributed by atoms with Gasteiger partial charge in [0, 0.05) is 13.2 Å². The number of aliphatic carboxylic acids is 1. The molecule has 1 saturated heterocycles. The van der Waals surface area contributed by atoms with Crippen LogP contribution in [0.25, 0.3) is 0 Å². The maximum Gasteiger partial charge on any atom is 0.311 e. The Labute approximate surface area is 102 Å². The summed E-state index contributed by atoms with van der Waals surface area (Å²) in [6, 6.07) is 0. The van der Waals surface area contributed by atoms with E-state index in [1.165, 1.54) is 0 Å². The number of ether oxygens (including phenoxy) is 1. The lowest BCUT2D eigenvalue weighted by Crippen LogP contribution is -2.43. The van der Waals surface area contributed by atoms with Gasteiger partial charge in [0.1, 0.15) is 0 Å². The number of carboxylic acid groups (broad SMARTS) is 1. The minimum atomic E-state index is -0.891. The van der Waals surface area contributed by atoms with Crippen LogP contribution in [0.5, 0.6) is 0 Å². The topological polar surface area (TPSA) is 75.6 Å². The fourth-order valence-electron chi connectivity index (χ4n) is 1.84. The van der Waals surface area contributed by atoms with Crippen LogP contribution in [-0.2, 0) is 14.3 Å². The van der Waals surface area contributed by atoms with E-state index in [9.17, 15) is 9.59 Å². The second kappa shape index (κ2) is 5.49. The summed E-state index contributed by atoms with van der Waals surface area (Å²) >= 11 is 0. The third-order valence-electron chi connectivity index (χ3n) is 3.66. The first kappa shape index (κ1) is 14.0. The fourth-order valence-corrected chi connectivity index (χ4v) is 1.84. The van der Waals surface area contributed by atoms with Crippen LogP contribution in [0.2, 0.25) is 0 Å². The summed E-state index contributed by atoms with van der Waals surface area (Å²) in [5.74, 6) is -1.13. The van der Waals surface area contributed by atoms with Gasteiger partial charge in [-0.05, 0) is 26.7 Å². The van der Waals surface area contributed by atoms with Crippen LogP contribution >= 0.6 is 0 Å². The second-order valence-electron chi connectivity index (χ2n) is 4.91. The molecule has 0 aliphatic carbocycles. The fraction of sp³-hybridized carbons (Fsp3) is 0.833.